The molecule has 2 rings (SSSR count). The lowest BCUT2D eigenvalue weighted by Crippen LogP contribution is -2.51. The maximum atomic E-state index is 10.7. The lowest BCUT2D eigenvalue weighted by molar-refractivity contribution is -0.143. The van der Waals surface area contributed by atoms with Gasteiger partial charge < -0.3 is 10.0 Å². The lowest BCUT2D eigenvalue weighted by Gasteiger charge is -2.40. The molecule has 0 amide bonds. The zero-order valence-corrected chi connectivity index (χ0v) is 9.49. The fraction of sp³-hybridized carbons (Fsp3) is 0.667. The molecule has 0 spiro atoms. The molecule has 82 valence electrons. The van der Waals surface area contributed by atoms with Crippen molar-refractivity contribution in [1.82, 2.24) is 10.2 Å². The maximum absolute atomic E-state index is 10.7. The topological polar surface area (TPSA) is 66.3 Å². The SMILES string of the molecule is Cc1nnc(N2CC(C(C)C(=O)O)C2)s1. The Morgan fingerprint density at radius 3 is 2.73 bits per heavy atom. The van der Waals surface area contributed by atoms with Crippen molar-refractivity contribution in [2.24, 2.45) is 11.8 Å². The van der Waals surface area contributed by atoms with Crippen LogP contribution in [0.15, 0.2) is 0 Å². The predicted octanol–water partition coefficient (Wildman–Crippen LogP) is 1.00. The minimum absolute atomic E-state index is 0.242. The van der Waals surface area contributed by atoms with Crippen LogP contribution in [0.1, 0.15) is 11.9 Å². The van der Waals surface area contributed by atoms with E-state index in [1.54, 1.807) is 18.3 Å². The summed E-state index contributed by atoms with van der Waals surface area (Å²) < 4.78 is 0. The molecule has 1 fully saturated rings. The second-order valence-electron chi connectivity index (χ2n) is 3.90. The number of anilines is 1. The van der Waals surface area contributed by atoms with E-state index in [0.717, 1.165) is 23.2 Å². The summed E-state index contributed by atoms with van der Waals surface area (Å²) in [6.07, 6.45) is 0. The number of carboxylic acids is 1. The first-order valence-corrected chi connectivity index (χ1v) is 5.67. The highest BCUT2D eigenvalue weighted by Crippen LogP contribution is 2.30. The molecule has 1 unspecified atom stereocenters. The standard InChI is InChI=1S/C9H13N3O2S/c1-5(8(13)14)7-3-12(4-7)9-11-10-6(2)15-9/h5,7H,3-4H2,1-2H3,(H,13,14). The van der Waals surface area contributed by atoms with Crippen LogP contribution in [0.4, 0.5) is 5.13 Å². The molecule has 1 aromatic rings. The molecule has 1 atom stereocenters. The Morgan fingerprint density at radius 1 is 1.60 bits per heavy atom. The van der Waals surface area contributed by atoms with Crippen molar-refractivity contribution in [1.29, 1.82) is 0 Å². The Kier molecular flexibility index (Phi) is 2.60. The van der Waals surface area contributed by atoms with Crippen molar-refractivity contribution in [3.8, 4) is 0 Å². The lowest BCUT2D eigenvalue weighted by atomic mass is 9.87. The molecular weight excluding hydrogens is 214 g/mol. The third-order valence-electron chi connectivity index (χ3n) is 2.79. The number of aliphatic carboxylic acids is 1. The van der Waals surface area contributed by atoms with Crippen molar-refractivity contribution in [2.45, 2.75) is 13.8 Å². The molecule has 0 bridgehead atoms. The molecule has 6 heteroatoms. The van der Waals surface area contributed by atoms with Gasteiger partial charge in [-0.1, -0.05) is 18.3 Å². The van der Waals surface area contributed by atoms with E-state index in [-0.39, 0.29) is 11.8 Å². The van der Waals surface area contributed by atoms with Gasteiger partial charge in [-0.25, -0.2) is 0 Å². The van der Waals surface area contributed by atoms with Gasteiger partial charge in [-0.15, -0.1) is 10.2 Å². The van der Waals surface area contributed by atoms with Gasteiger partial charge in [0.1, 0.15) is 5.01 Å². The van der Waals surface area contributed by atoms with Crippen LogP contribution >= 0.6 is 11.3 Å². The predicted molar refractivity (Wildman–Crippen MR) is 57.1 cm³/mol. The normalized spacial score (nSPS) is 18.7. The molecule has 1 aromatic heterocycles. The molecular formula is C9H13N3O2S. The van der Waals surface area contributed by atoms with Crippen molar-refractivity contribution >= 4 is 22.4 Å². The summed E-state index contributed by atoms with van der Waals surface area (Å²) >= 11 is 1.55. The molecule has 5 nitrogen and oxygen atoms in total. The van der Waals surface area contributed by atoms with Gasteiger partial charge in [0.15, 0.2) is 0 Å². The number of aryl methyl sites for hydroxylation is 1. The highest BCUT2D eigenvalue weighted by atomic mass is 32.1. The number of rotatable bonds is 3. The molecule has 15 heavy (non-hydrogen) atoms. The molecule has 0 aromatic carbocycles. The summed E-state index contributed by atoms with van der Waals surface area (Å²) in [6, 6.07) is 0. The first-order valence-electron chi connectivity index (χ1n) is 4.86. The second-order valence-corrected chi connectivity index (χ2v) is 5.06. The molecule has 0 saturated carbocycles. The van der Waals surface area contributed by atoms with Crippen LogP contribution in [0.3, 0.4) is 0 Å². The molecule has 2 heterocycles. The summed E-state index contributed by atoms with van der Waals surface area (Å²) in [6.45, 7) is 5.23. The summed E-state index contributed by atoms with van der Waals surface area (Å²) in [5, 5.41) is 18.6. The largest absolute Gasteiger partial charge is 0.481 e. The molecule has 0 aliphatic carbocycles. The van der Waals surface area contributed by atoms with Crippen LogP contribution in [-0.4, -0.2) is 34.4 Å². The fourth-order valence-electron chi connectivity index (χ4n) is 1.60. The highest BCUT2D eigenvalue weighted by Gasteiger charge is 2.36. The maximum Gasteiger partial charge on any atom is 0.306 e. The van der Waals surface area contributed by atoms with E-state index in [1.165, 1.54) is 0 Å². The van der Waals surface area contributed by atoms with E-state index in [2.05, 4.69) is 15.1 Å². The Hall–Kier alpha value is -1.17. The quantitative estimate of drug-likeness (QED) is 0.834. The van der Waals surface area contributed by atoms with Gasteiger partial charge in [0, 0.05) is 19.0 Å². The van der Waals surface area contributed by atoms with Crippen molar-refractivity contribution in [3.05, 3.63) is 5.01 Å². The van der Waals surface area contributed by atoms with Gasteiger partial charge in [0.25, 0.3) is 0 Å². The van der Waals surface area contributed by atoms with Crippen LogP contribution in [0.25, 0.3) is 0 Å². The number of carboxylic acid groups (broad SMARTS) is 1. The number of carbonyl (C=O) groups is 1. The Labute approximate surface area is 91.7 Å². The minimum atomic E-state index is -0.715. The van der Waals surface area contributed by atoms with Gasteiger partial charge in [-0.2, -0.15) is 0 Å². The van der Waals surface area contributed by atoms with Gasteiger partial charge in [-0.3, -0.25) is 4.79 Å². The van der Waals surface area contributed by atoms with Crippen LogP contribution in [0, 0.1) is 18.8 Å². The second kappa shape index (κ2) is 3.77. The first kappa shape index (κ1) is 10.4. The van der Waals surface area contributed by atoms with Crippen molar-refractivity contribution < 1.29 is 9.90 Å². The van der Waals surface area contributed by atoms with Gasteiger partial charge >= 0.3 is 5.97 Å². The third-order valence-corrected chi connectivity index (χ3v) is 3.69. The Bertz CT molecular complexity index is 373. The third kappa shape index (κ3) is 1.94. The minimum Gasteiger partial charge on any atom is -0.481 e. The highest BCUT2D eigenvalue weighted by molar-refractivity contribution is 7.15. The van der Waals surface area contributed by atoms with E-state index < -0.39 is 5.97 Å². The molecule has 1 N–H and O–H groups in total. The van der Waals surface area contributed by atoms with Crippen LogP contribution in [0.5, 0.6) is 0 Å². The molecule has 0 radical (unpaired) electrons. The number of nitrogens with zero attached hydrogens (tertiary/aromatic N) is 3. The summed E-state index contributed by atoms with van der Waals surface area (Å²) in [5.74, 6) is -0.741. The summed E-state index contributed by atoms with van der Waals surface area (Å²) in [7, 11) is 0. The van der Waals surface area contributed by atoms with Crippen LogP contribution < -0.4 is 4.90 Å². The van der Waals surface area contributed by atoms with E-state index in [0.29, 0.717) is 0 Å². The van der Waals surface area contributed by atoms with E-state index >= 15 is 0 Å². The zero-order chi connectivity index (χ0) is 11.0. The summed E-state index contributed by atoms with van der Waals surface area (Å²) in [5.41, 5.74) is 0. The van der Waals surface area contributed by atoms with Crippen molar-refractivity contribution in [3.63, 3.8) is 0 Å². The first-order chi connectivity index (χ1) is 7.08. The fourth-order valence-corrected chi connectivity index (χ4v) is 2.31. The molecule has 1 saturated heterocycles. The molecule has 1 aliphatic heterocycles. The Morgan fingerprint density at radius 2 is 2.27 bits per heavy atom. The van der Waals surface area contributed by atoms with E-state index in [1.807, 2.05) is 6.92 Å². The summed E-state index contributed by atoms with van der Waals surface area (Å²) in [4.78, 5) is 12.8. The van der Waals surface area contributed by atoms with Gasteiger partial charge in [0.2, 0.25) is 5.13 Å². The van der Waals surface area contributed by atoms with Gasteiger partial charge in [-0.05, 0) is 6.92 Å². The smallest absolute Gasteiger partial charge is 0.306 e. The van der Waals surface area contributed by atoms with E-state index in [4.69, 9.17) is 5.11 Å². The number of hydrogen-bond acceptors (Lipinski definition) is 5. The Balaban J connectivity index is 1.91. The average molecular weight is 227 g/mol. The monoisotopic (exact) mass is 227 g/mol. The van der Waals surface area contributed by atoms with Crippen molar-refractivity contribution in [2.75, 3.05) is 18.0 Å². The van der Waals surface area contributed by atoms with Crippen LogP contribution in [-0.2, 0) is 4.79 Å². The molecule has 1 aliphatic rings. The van der Waals surface area contributed by atoms with Gasteiger partial charge in [0.05, 0.1) is 5.92 Å². The number of aromatic nitrogens is 2. The zero-order valence-electron chi connectivity index (χ0n) is 8.67. The van der Waals surface area contributed by atoms with E-state index in [9.17, 15) is 4.79 Å². The van der Waals surface area contributed by atoms with Crippen LogP contribution in [0.2, 0.25) is 0 Å². The number of hydrogen-bond donors (Lipinski definition) is 1. The average Bonchev–Trinajstić information content (AvgIpc) is 2.49.